The van der Waals surface area contributed by atoms with Gasteiger partial charge < -0.3 is 15.2 Å². The lowest BCUT2D eigenvalue weighted by Crippen LogP contribution is -2.09. The lowest BCUT2D eigenvalue weighted by atomic mass is 10.4. The number of aliphatic hydroxyl groups is 1. The van der Waals surface area contributed by atoms with Crippen molar-refractivity contribution in [1.82, 2.24) is 9.97 Å². The van der Waals surface area contributed by atoms with Gasteiger partial charge in [-0.1, -0.05) is 6.92 Å². The van der Waals surface area contributed by atoms with Crippen LogP contribution < -0.4 is 5.32 Å². The molecule has 0 radical (unpaired) electrons. The Morgan fingerprint density at radius 3 is 2.94 bits per heavy atom. The van der Waals surface area contributed by atoms with E-state index in [2.05, 4.69) is 31.2 Å². The Labute approximate surface area is 110 Å². The van der Waals surface area contributed by atoms with Gasteiger partial charge >= 0.3 is 0 Å². The second-order valence-corrected chi connectivity index (χ2v) is 4.27. The van der Waals surface area contributed by atoms with Gasteiger partial charge in [-0.3, -0.25) is 0 Å². The van der Waals surface area contributed by atoms with E-state index in [1.54, 1.807) is 0 Å². The van der Waals surface area contributed by atoms with Crippen LogP contribution in [-0.4, -0.2) is 41.4 Å². The molecular formula is C11H18BrN3O2. The fourth-order valence-corrected chi connectivity index (χ4v) is 1.69. The van der Waals surface area contributed by atoms with Crippen LogP contribution in [0.5, 0.6) is 0 Å². The summed E-state index contributed by atoms with van der Waals surface area (Å²) >= 11 is 3.35. The topological polar surface area (TPSA) is 67.3 Å². The van der Waals surface area contributed by atoms with Crippen LogP contribution in [0.3, 0.4) is 0 Å². The number of ether oxygens (including phenoxy) is 1. The molecule has 5 nitrogen and oxygen atoms in total. The summed E-state index contributed by atoms with van der Waals surface area (Å²) < 4.78 is 5.95. The first kappa shape index (κ1) is 14.3. The van der Waals surface area contributed by atoms with Gasteiger partial charge in [0.05, 0.1) is 13.2 Å². The molecule has 17 heavy (non-hydrogen) atoms. The molecule has 0 saturated carbocycles. The highest BCUT2D eigenvalue weighted by molar-refractivity contribution is 9.10. The third kappa shape index (κ3) is 5.95. The molecule has 0 amide bonds. The van der Waals surface area contributed by atoms with Crippen LogP contribution in [0.1, 0.15) is 19.2 Å². The van der Waals surface area contributed by atoms with Gasteiger partial charge in [0, 0.05) is 25.6 Å². The maximum Gasteiger partial charge on any atom is 0.131 e. The first-order chi connectivity index (χ1) is 8.26. The van der Waals surface area contributed by atoms with Crippen LogP contribution in [0, 0.1) is 0 Å². The predicted octanol–water partition coefficient (Wildman–Crippen LogP) is 1.61. The van der Waals surface area contributed by atoms with Crippen LogP contribution in [0.15, 0.2) is 10.7 Å². The standard InChI is InChI=1S/C11H18BrN3O2/c1-2-10-14-9(12)8-11(15-10)13-4-3-6-17-7-5-16/h8,16H,2-7H2,1H3,(H,13,14,15). The van der Waals surface area contributed by atoms with E-state index in [0.29, 0.717) is 13.2 Å². The molecule has 0 bridgehead atoms. The smallest absolute Gasteiger partial charge is 0.131 e. The minimum Gasteiger partial charge on any atom is -0.394 e. The van der Waals surface area contributed by atoms with Gasteiger partial charge in [0.1, 0.15) is 16.2 Å². The minimum absolute atomic E-state index is 0.0755. The van der Waals surface area contributed by atoms with Crippen molar-refractivity contribution in [2.75, 3.05) is 31.7 Å². The molecule has 0 aromatic carbocycles. The molecule has 1 heterocycles. The molecule has 0 unspecified atom stereocenters. The molecule has 0 atom stereocenters. The number of aliphatic hydroxyl groups excluding tert-OH is 1. The van der Waals surface area contributed by atoms with Crippen molar-refractivity contribution < 1.29 is 9.84 Å². The van der Waals surface area contributed by atoms with Gasteiger partial charge in [-0.2, -0.15) is 0 Å². The second-order valence-electron chi connectivity index (χ2n) is 3.46. The molecule has 0 aliphatic carbocycles. The van der Waals surface area contributed by atoms with E-state index in [1.807, 2.05) is 13.0 Å². The lowest BCUT2D eigenvalue weighted by molar-refractivity contribution is 0.0922. The predicted molar refractivity (Wildman–Crippen MR) is 70.1 cm³/mol. The van der Waals surface area contributed by atoms with Crippen LogP contribution in [-0.2, 0) is 11.2 Å². The number of halogens is 1. The molecule has 0 spiro atoms. The van der Waals surface area contributed by atoms with Gasteiger partial charge in [0.25, 0.3) is 0 Å². The van der Waals surface area contributed by atoms with Crippen molar-refractivity contribution in [3.63, 3.8) is 0 Å². The molecule has 2 N–H and O–H groups in total. The highest BCUT2D eigenvalue weighted by Gasteiger charge is 2.00. The number of aromatic nitrogens is 2. The summed E-state index contributed by atoms with van der Waals surface area (Å²) in [4.78, 5) is 8.59. The van der Waals surface area contributed by atoms with E-state index in [1.165, 1.54) is 0 Å². The highest BCUT2D eigenvalue weighted by atomic mass is 79.9. The Morgan fingerprint density at radius 2 is 2.24 bits per heavy atom. The molecule has 0 fully saturated rings. The Kier molecular flexibility index (Phi) is 7.07. The second kappa shape index (κ2) is 8.38. The zero-order chi connectivity index (χ0) is 12.5. The van der Waals surface area contributed by atoms with Gasteiger partial charge in [-0.05, 0) is 22.4 Å². The summed E-state index contributed by atoms with van der Waals surface area (Å²) in [7, 11) is 0. The molecule has 96 valence electrons. The maximum absolute atomic E-state index is 8.53. The summed E-state index contributed by atoms with van der Waals surface area (Å²) in [5.74, 6) is 1.64. The van der Waals surface area contributed by atoms with E-state index in [-0.39, 0.29) is 6.61 Å². The Balaban J connectivity index is 2.28. The zero-order valence-electron chi connectivity index (χ0n) is 9.95. The minimum atomic E-state index is 0.0755. The number of aryl methyl sites for hydroxylation is 1. The van der Waals surface area contributed by atoms with Crippen molar-refractivity contribution in [3.05, 3.63) is 16.5 Å². The quantitative estimate of drug-likeness (QED) is 0.564. The third-order valence-corrected chi connectivity index (χ3v) is 2.47. The van der Waals surface area contributed by atoms with Crippen LogP contribution in [0.25, 0.3) is 0 Å². The first-order valence-corrected chi connectivity index (χ1v) is 6.51. The average Bonchev–Trinajstić information content (AvgIpc) is 2.33. The SMILES string of the molecule is CCc1nc(Br)cc(NCCCOCCO)n1. The first-order valence-electron chi connectivity index (χ1n) is 5.72. The summed E-state index contributed by atoms with van der Waals surface area (Å²) in [5.41, 5.74) is 0. The molecule has 0 saturated heterocycles. The molecule has 0 aliphatic rings. The van der Waals surface area contributed by atoms with E-state index in [0.717, 1.165) is 35.6 Å². The summed E-state index contributed by atoms with van der Waals surface area (Å²) in [5, 5.41) is 11.7. The van der Waals surface area contributed by atoms with Crippen LogP contribution in [0.2, 0.25) is 0 Å². The van der Waals surface area contributed by atoms with Crippen LogP contribution in [0.4, 0.5) is 5.82 Å². The molecule has 1 rings (SSSR count). The molecule has 1 aromatic heterocycles. The van der Waals surface area contributed by atoms with Gasteiger partial charge in [-0.15, -0.1) is 0 Å². The van der Waals surface area contributed by atoms with Crippen molar-refractivity contribution in [2.24, 2.45) is 0 Å². The van der Waals surface area contributed by atoms with Crippen molar-refractivity contribution >= 4 is 21.7 Å². The normalized spacial score (nSPS) is 10.5. The fraction of sp³-hybridized carbons (Fsp3) is 0.636. The molecule has 0 aliphatic heterocycles. The van der Waals surface area contributed by atoms with Gasteiger partial charge in [-0.25, -0.2) is 9.97 Å². The van der Waals surface area contributed by atoms with Crippen molar-refractivity contribution in [3.8, 4) is 0 Å². The monoisotopic (exact) mass is 303 g/mol. The number of anilines is 1. The maximum atomic E-state index is 8.53. The zero-order valence-corrected chi connectivity index (χ0v) is 11.5. The number of nitrogens with one attached hydrogen (secondary N) is 1. The Morgan fingerprint density at radius 1 is 1.41 bits per heavy atom. The summed E-state index contributed by atoms with van der Waals surface area (Å²) in [6.45, 7) is 3.93. The van der Waals surface area contributed by atoms with Crippen molar-refractivity contribution in [1.29, 1.82) is 0 Å². The lowest BCUT2D eigenvalue weighted by Gasteiger charge is -2.07. The molecule has 1 aromatic rings. The largest absolute Gasteiger partial charge is 0.394 e. The average molecular weight is 304 g/mol. The van der Waals surface area contributed by atoms with E-state index < -0.39 is 0 Å². The summed E-state index contributed by atoms with van der Waals surface area (Å²) in [6.07, 6.45) is 1.69. The highest BCUT2D eigenvalue weighted by Crippen LogP contribution is 2.12. The number of hydrogen-bond donors (Lipinski definition) is 2. The Bertz CT molecular complexity index is 336. The number of hydrogen-bond acceptors (Lipinski definition) is 5. The van der Waals surface area contributed by atoms with Gasteiger partial charge in [0.2, 0.25) is 0 Å². The summed E-state index contributed by atoms with van der Waals surface area (Å²) in [6, 6.07) is 1.85. The van der Waals surface area contributed by atoms with E-state index in [9.17, 15) is 0 Å². The van der Waals surface area contributed by atoms with E-state index in [4.69, 9.17) is 9.84 Å². The van der Waals surface area contributed by atoms with Gasteiger partial charge in [0.15, 0.2) is 0 Å². The molecular weight excluding hydrogens is 286 g/mol. The van der Waals surface area contributed by atoms with Crippen LogP contribution >= 0.6 is 15.9 Å². The van der Waals surface area contributed by atoms with E-state index >= 15 is 0 Å². The fourth-order valence-electron chi connectivity index (χ4n) is 1.27. The van der Waals surface area contributed by atoms with Crippen molar-refractivity contribution in [2.45, 2.75) is 19.8 Å². The molecule has 6 heteroatoms. The third-order valence-electron chi connectivity index (χ3n) is 2.06. The Hall–Kier alpha value is -0.720. The number of rotatable bonds is 8. The number of nitrogens with zero attached hydrogens (tertiary/aromatic N) is 2.